The first-order valence-corrected chi connectivity index (χ1v) is 12.1. The van der Waals surface area contributed by atoms with E-state index in [2.05, 4.69) is 37.4 Å². The number of rotatable bonds is 7. The van der Waals surface area contributed by atoms with Crippen molar-refractivity contribution in [1.82, 2.24) is 19.6 Å². The van der Waals surface area contributed by atoms with Crippen LogP contribution in [0.25, 0.3) is 16.6 Å². The fourth-order valence-corrected chi connectivity index (χ4v) is 4.81. The number of piperidine rings is 1. The van der Waals surface area contributed by atoms with E-state index in [1.54, 1.807) is 0 Å². The van der Waals surface area contributed by atoms with Gasteiger partial charge in [0, 0.05) is 35.1 Å². The van der Waals surface area contributed by atoms with Gasteiger partial charge in [-0.1, -0.05) is 5.16 Å². The maximum Gasteiger partial charge on any atom is 0.200 e. The Balaban J connectivity index is 1.40. The number of pyridine rings is 2. The van der Waals surface area contributed by atoms with E-state index in [1.807, 2.05) is 48.0 Å². The molecule has 34 heavy (non-hydrogen) atoms. The summed E-state index contributed by atoms with van der Waals surface area (Å²) in [5.41, 5.74) is 4.35. The van der Waals surface area contributed by atoms with Gasteiger partial charge in [-0.3, -0.25) is 9.38 Å². The van der Waals surface area contributed by atoms with Gasteiger partial charge in [0.25, 0.3) is 0 Å². The van der Waals surface area contributed by atoms with Crippen LogP contribution in [0.5, 0.6) is 0 Å². The summed E-state index contributed by atoms with van der Waals surface area (Å²) in [5.74, 6) is 0. The second-order valence-corrected chi connectivity index (χ2v) is 9.27. The molecular formula is C24H26N6O3S. The first-order chi connectivity index (χ1) is 16.6. The van der Waals surface area contributed by atoms with E-state index in [-0.39, 0.29) is 19.3 Å². The Morgan fingerprint density at radius 3 is 2.85 bits per heavy atom. The zero-order valence-corrected chi connectivity index (χ0v) is 19.6. The van der Waals surface area contributed by atoms with Gasteiger partial charge in [0.15, 0.2) is 10.8 Å². The molecule has 0 radical (unpaired) electrons. The zero-order valence-electron chi connectivity index (χ0n) is 18.8. The molecule has 1 aliphatic heterocycles. The number of aromatic nitrogens is 4. The molecule has 3 aromatic heterocycles. The average Bonchev–Trinajstić information content (AvgIpc) is 3.26. The Kier molecular flexibility index (Phi) is 6.61. The van der Waals surface area contributed by atoms with E-state index in [0.717, 1.165) is 63.8 Å². The van der Waals surface area contributed by atoms with Crippen molar-refractivity contribution in [3.8, 4) is 0 Å². The number of nitrogens with zero attached hydrogens (tertiary/aromatic N) is 6. The number of fused-ring (bicyclic) bond motifs is 2. The predicted octanol–water partition coefficient (Wildman–Crippen LogP) is 3.12. The van der Waals surface area contributed by atoms with Crippen molar-refractivity contribution in [3.05, 3.63) is 54.4 Å². The predicted molar refractivity (Wildman–Crippen MR) is 132 cm³/mol. The van der Waals surface area contributed by atoms with E-state index in [4.69, 9.17) is 9.94 Å². The first kappa shape index (κ1) is 22.6. The molecule has 9 nitrogen and oxygen atoms in total. The van der Waals surface area contributed by atoms with Crippen molar-refractivity contribution >= 4 is 39.7 Å². The summed E-state index contributed by atoms with van der Waals surface area (Å²) in [6.07, 6.45) is 5.22. The molecule has 176 valence electrons. The highest BCUT2D eigenvalue weighted by Gasteiger charge is 2.18. The molecule has 4 aromatic rings. The van der Waals surface area contributed by atoms with Crippen LogP contribution in [-0.2, 0) is 4.84 Å². The SMILES string of the molecule is C/C(=N/OCCO)c1ccc2nnc(Sc3ccc4ncc(N5CCC(O)CC5)cc4c3)n2c1. The van der Waals surface area contributed by atoms with Gasteiger partial charge in [0.05, 0.1) is 35.8 Å². The summed E-state index contributed by atoms with van der Waals surface area (Å²) in [4.78, 5) is 13.0. The summed E-state index contributed by atoms with van der Waals surface area (Å²) in [7, 11) is 0. The van der Waals surface area contributed by atoms with E-state index in [0.29, 0.717) is 5.71 Å². The normalized spacial score (nSPS) is 15.4. The van der Waals surface area contributed by atoms with E-state index >= 15 is 0 Å². The number of oxime groups is 1. The smallest absolute Gasteiger partial charge is 0.200 e. The summed E-state index contributed by atoms with van der Waals surface area (Å²) in [6, 6.07) is 12.2. The highest BCUT2D eigenvalue weighted by molar-refractivity contribution is 7.99. The number of aliphatic hydroxyl groups is 2. The minimum Gasteiger partial charge on any atom is -0.393 e. The molecule has 1 aromatic carbocycles. The highest BCUT2D eigenvalue weighted by atomic mass is 32.2. The molecule has 0 aliphatic carbocycles. The lowest BCUT2D eigenvalue weighted by molar-refractivity contribution is 0.0986. The first-order valence-electron chi connectivity index (χ1n) is 11.2. The van der Waals surface area contributed by atoms with Gasteiger partial charge in [0.1, 0.15) is 6.61 Å². The Morgan fingerprint density at radius 1 is 1.18 bits per heavy atom. The minimum absolute atomic E-state index is 0.0774. The van der Waals surface area contributed by atoms with Crippen LogP contribution in [0.2, 0.25) is 0 Å². The van der Waals surface area contributed by atoms with Crippen LogP contribution >= 0.6 is 11.8 Å². The van der Waals surface area contributed by atoms with Crippen LogP contribution in [0.3, 0.4) is 0 Å². The molecule has 1 fully saturated rings. The van der Waals surface area contributed by atoms with Gasteiger partial charge in [-0.05, 0) is 67.9 Å². The third-order valence-electron chi connectivity index (χ3n) is 5.85. The number of anilines is 1. The molecule has 1 saturated heterocycles. The van der Waals surface area contributed by atoms with Gasteiger partial charge >= 0.3 is 0 Å². The van der Waals surface area contributed by atoms with E-state index < -0.39 is 0 Å². The van der Waals surface area contributed by atoms with Crippen molar-refractivity contribution in [1.29, 1.82) is 0 Å². The lowest BCUT2D eigenvalue weighted by Gasteiger charge is -2.31. The van der Waals surface area contributed by atoms with Crippen molar-refractivity contribution in [2.75, 3.05) is 31.2 Å². The van der Waals surface area contributed by atoms with Crippen LogP contribution in [-0.4, -0.2) is 67.9 Å². The van der Waals surface area contributed by atoms with Crippen molar-refractivity contribution in [2.45, 2.75) is 35.9 Å². The van der Waals surface area contributed by atoms with E-state index in [9.17, 15) is 5.11 Å². The maximum atomic E-state index is 9.80. The topological polar surface area (TPSA) is 108 Å². The minimum atomic E-state index is -0.200. The van der Waals surface area contributed by atoms with Gasteiger partial charge in [0.2, 0.25) is 0 Å². The van der Waals surface area contributed by atoms with Crippen LogP contribution in [0.4, 0.5) is 5.69 Å². The second-order valence-electron chi connectivity index (χ2n) is 8.23. The van der Waals surface area contributed by atoms with Gasteiger partial charge < -0.3 is 20.0 Å². The Hall–Kier alpha value is -3.21. The monoisotopic (exact) mass is 478 g/mol. The summed E-state index contributed by atoms with van der Waals surface area (Å²) >= 11 is 1.53. The van der Waals surface area contributed by atoms with Crippen molar-refractivity contribution in [3.63, 3.8) is 0 Å². The maximum absolute atomic E-state index is 9.80. The van der Waals surface area contributed by atoms with Crippen molar-refractivity contribution < 1.29 is 15.1 Å². The second kappa shape index (κ2) is 9.96. The molecule has 10 heteroatoms. The number of hydrogen-bond donors (Lipinski definition) is 2. The lowest BCUT2D eigenvalue weighted by atomic mass is 10.1. The van der Waals surface area contributed by atoms with Crippen LogP contribution in [0, 0.1) is 0 Å². The molecule has 0 atom stereocenters. The quantitative estimate of drug-likeness (QED) is 0.237. The number of hydrogen-bond acceptors (Lipinski definition) is 9. The molecule has 0 saturated carbocycles. The highest BCUT2D eigenvalue weighted by Crippen LogP contribution is 2.31. The Morgan fingerprint density at radius 2 is 2.03 bits per heavy atom. The third kappa shape index (κ3) is 4.84. The summed E-state index contributed by atoms with van der Waals surface area (Å²) in [6.45, 7) is 3.61. The molecule has 0 amide bonds. The molecule has 1 aliphatic rings. The van der Waals surface area contributed by atoms with Gasteiger partial charge in [-0.2, -0.15) is 0 Å². The van der Waals surface area contributed by atoms with Crippen LogP contribution in [0.1, 0.15) is 25.3 Å². The standard InChI is InChI=1S/C24H26N6O3S/c1-16(28-33-11-10-31)17-2-5-23-26-27-24(30(23)15-17)34-21-3-4-22-18(13-21)12-19(14-25-22)29-8-6-20(32)7-9-29/h2-5,12-15,20,31-32H,6-11H2,1H3/b28-16-. The van der Waals surface area contributed by atoms with E-state index in [1.165, 1.54) is 11.8 Å². The van der Waals surface area contributed by atoms with Crippen LogP contribution in [0.15, 0.2) is 64.0 Å². The molecule has 4 heterocycles. The summed E-state index contributed by atoms with van der Waals surface area (Å²) < 4.78 is 1.93. The van der Waals surface area contributed by atoms with Gasteiger partial charge in [-0.15, -0.1) is 10.2 Å². The Labute approximate surface area is 201 Å². The van der Waals surface area contributed by atoms with Gasteiger partial charge in [-0.25, -0.2) is 0 Å². The molecular weight excluding hydrogens is 452 g/mol. The lowest BCUT2D eigenvalue weighted by Crippen LogP contribution is -2.35. The molecule has 5 rings (SSSR count). The largest absolute Gasteiger partial charge is 0.393 e. The number of benzene rings is 1. The number of aliphatic hydroxyl groups excluding tert-OH is 2. The molecule has 0 unspecified atom stereocenters. The molecule has 0 spiro atoms. The fraction of sp³-hybridized carbons (Fsp3) is 0.333. The van der Waals surface area contributed by atoms with Crippen LogP contribution < -0.4 is 4.90 Å². The summed E-state index contributed by atoms with van der Waals surface area (Å²) in [5, 5.41) is 33.2. The average molecular weight is 479 g/mol. The van der Waals surface area contributed by atoms with Crippen molar-refractivity contribution in [2.24, 2.45) is 5.16 Å². The zero-order chi connectivity index (χ0) is 23.5. The third-order valence-corrected chi connectivity index (χ3v) is 6.80. The molecule has 0 bridgehead atoms. The fourth-order valence-electron chi connectivity index (χ4n) is 3.95. The molecule has 2 N–H and O–H groups in total. The Bertz CT molecular complexity index is 1330.